The number of methoxy groups -OCH3 is 2. The van der Waals surface area contributed by atoms with Crippen LogP contribution in [0.3, 0.4) is 0 Å². The van der Waals surface area contributed by atoms with Crippen LogP contribution in [0, 0.1) is 5.92 Å². The lowest BCUT2D eigenvalue weighted by atomic mass is 10.1. The lowest BCUT2D eigenvalue weighted by Gasteiger charge is -2.14. The first-order valence-corrected chi connectivity index (χ1v) is 9.48. The van der Waals surface area contributed by atoms with Crippen molar-refractivity contribution in [3.8, 4) is 17.2 Å². The smallest absolute Gasteiger partial charge is 0.273 e. The van der Waals surface area contributed by atoms with E-state index < -0.39 is 11.8 Å². The molecule has 156 valence electrons. The molecule has 0 aliphatic rings. The van der Waals surface area contributed by atoms with Gasteiger partial charge in [0, 0.05) is 10.6 Å². The molecule has 29 heavy (non-hydrogen) atoms. The quantitative estimate of drug-likeness (QED) is 0.633. The number of hydrogen-bond acceptors (Lipinski definition) is 5. The molecule has 2 amide bonds. The Morgan fingerprint density at radius 2 is 1.59 bits per heavy atom. The van der Waals surface area contributed by atoms with Crippen molar-refractivity contribution in [3.05, 3.63) is 52.5 Å². The second kappa shape index (κ2) is 10.6. The summed E-state index contributed by atoms with van der Waals surface area (Å²) in [5, 5.41) is 0.375. The van der Waals surface area contributed by atoms with Crippen molar-refractivity contribution in [2.75, 3.05) is 20.8 Å². The van der Waals surface area contributed by atoms with Crippen molar-refractivity contribution < 1.29 is 23.8 Å². The average molecular weight is 421 g/mol. The van der Waals surface area contributed by atoms with Gasteiger partial charge in [0.25, 0.3) is 11.8 Å². The zero-order chi connectivity index (χ0) is 21.4. The third-order valence-electron chi connectivity index (χ3n) is 4.07. The van der Waals surface area contributed by atoms with Crippen molar-refractivity contribution in [1.29, 1.82) is 0 Å². The van der Waals surface area contributed by atoms with Crippen LogP contribution in [0.4, 0.5) is 0 Å². The van der Waals surface area contributed by atoms with Gasteiger partial charge in [0.15, 0.2) is 11.5 Å². The molecule has 0 radical (unpaired) electrons. The number of nitrogens with one attached hydrogen (secondary N) is 2. The number of ether oxygens (including phenoxy) is 3. The maximum absolute atomic E-state index is 12.4. The maximum atomic E-state index is 12.4. The van der Waals surface area contributed by atoms with Gasteiger partial charge in [0.2, 0.25) is 0 Å². The first-order chi connectivity index (χ1) is 13.8. The van der Waals surface area contributed by atoms with E-state index in [0.717, 1.165) is 6.42 Å². The van der Waals surface area contributed by atoms with E-state index in [1.807, 2.05) is 0 Å². The molecule has 0 bridgehead atoms. The second-order valence-electron chi connectivity index (χ2n) is 6.65. The summed E-state index contributed by atoms with van der Waals surface area (Å²) in [5.74, 6) is 0.782. The molecule has 0 aliphatic carbocycles. The van der Waals surface area contributed by atoms with Gasteiger partial charge in [-0.05, 0) is 48.7 Å². The van der Waals surface area contributed by atoms with E-state index in [4.69, 9.17) is 25.8 Å². The number of benzene rings is 2. The predicted molar refractivity (Wildman–Crippen MR) is 111 cm³/mol. The third kappa shape index (κ3) is 6.29. The monoisotopic (exact) mass is 420 g/mol. The molecule has 0 aromatic heterocycles. The summed E-state index contributed by atoms with van der Waals surface area (Å²) >= 11 is 5.93. The third-order valence-corrected chi connectivity index (χ3v) is 4.31. The van der Waals surface area contributed by atoms with Crippen molar-refractivity contribution >= 4 is 23.4 Å². The Kier molecular flexibility index (Phi) is 8.15. The van der Waals surface area contributed by atoms with Crippen molar-refractivity contribution in [1.82, 2.24) is 10.9 Å². The normalized spacial score (nSPS) is 10.4. The minimum atomic E-state index is -0.557. The largest absolute Gasteiger partial charge is 0.496 e. The van der Waals surface area contributed by atoms with Crippen LogP contribution in [-0.2, 0) is 0 Å². The summed E-state index contributed by atoms with van der Waals surface area (Å²) < 4.78 is 16.2. The van der Waals surface area contributed by atoms with E-state index in [1.165, 1.54) is 20.3 Å². The Bertz CT molecular complexity index is 870. The van der Waals surface area contributed by atoms with Crippen LogP contribution in [-0.4, -0.2) is 32.6 Å². The van der Waals surface area contributed by atoms with Gasteiger partial charge in [-0.2, -0.15) is 0 Å². The molecule has 2 aromatic rings. The van der Waals surface area contributed by atoms with Crippen LogP contribution >= 0.6 is 11.6 Å². The van der Waals surface area contributed by atoms with E-state index in [0.29, 0.717) is 40.4 Å². The zero-order valence-corrected chi connectivity index (χ0v) is 17.6. The van der Waals surface area contributed by atoms with Gasteiger partial charge < -0.3 is 14.2 Å². The Balaban J connectivity index is 2.03. The molecule has 2 rings (SSSR count). The molecule has 0 aliphatic heterocycles. The molecule has 2 aromatic carbocycles. The fourth-order valence-electron chi connectivity index (χ4n) is 2.44. The number of hydrazine groups is 1. The SMILES string of the molecule is COc1cc(C(=O)NNC(=O)c2cc(Cl)ccc2OC)ccc1OCCC(C)C. The number of rotatable bonds is 8. The number of halogens is 1. The summed E-state index contributed by atoms with van der Waals surface area (Å²) in [6.45, 7) is 4.78. The Hall–Kier alpha value is -2.93. The Morgan fingerprint density at radius 1 is 0.931 bits per heavy atom. The molecule has 8 heteroatoms. The fourth-order valence-corrected chi connectivity index (χ4v) is 2.62. The lowest BCUT2D eigenvalue weighted by molar-refractivity contribution is 0.0844. The van der Waals surface area contributed by atoms with Crippen molar-refractivity contribution in [2.24, 2.45) is 5.92 Å². The lowest BCUT2D eigenvalue weighted by Crippen LogP contribution is -2.41. The Morgan fingerprint density at radius 3 is 2.24 bits per heavy atom. The zero-order valence-electron chi connectivity index (χ0n) is 16.9. The molecular weight excluding hydrogens is 396 g/mol. The predicted octanol–water partition coefficient (Wildman–Crippen LogP) is 3.86. The van der Waals surface area contributed by atoms with Crippen molar-refractivity contribution in [3.63, 3.8) is 0 Å². The van der Waals surface area contributed by atoms with Crippen LogP contribution in [0.2, 0.25) is 5.02 Å². The van der Waals surface area contributed by atoms with Crippen LogP contribution in [0.15, 0.2) is 36.4 Å². The second-order valence-corrected chi connectivity index (χ2v) is 7.09. The van der Waals surface area contributed by atoms with Crippen molar-refractivity contribution in [2.45, 2.75) is 20.3 Å². The summed E-state index contributed by atoms with van der Waals surface area (Å²) in [5.41, 5.74) is 5.22. The molecule has 0 unspecified atom stereocenters. The van der Waals surface area contributed by atoms with Gasteiger partial charge in [0.1, 0.15) is 5.75 Å². The minimum absolute atomic E-state index is 0.201. The highest BCUT2D eigenvalue weighted by Crippen LogP contribution is 2.28. The van der Waals surface area contributed by atoms with Gasteiger partial charge in [-0.15, -0.1) is 0 Å². The molecular formula is C21H25ClN2O5. The average Bonchev–Trinajstić information content (AvgIpc) is 2.71. The van der Waals surface area contributed by atoms with E-state index in [1.54, 1.807) is 30.3 Å². The summed E-state index contributed by atoms with van der Waals surface area (Å²) in [6.07, 6.45) is 0.907. The van der Waals surface area contributed by atoms with Crippen LogP contribution in [0.5, 0.6) is 17.2 Å². The van der Waals surface area contributed by atoms with Crippen LogP contribution in [0.25, 0.3) is 0 Å². The van der Waals surface area contributed by atoms with Gasteiger partial charge in [-0.3, -0.25) is 20.4 Å². The number of amides is 2. The van der Waals surface area contributed by atoms with E-state index in [-0.39, 0.29) is 5.56 Å². The molecule has 2 N–H and O–H groups in total. The van der Waals surface area contributed by atoms with Gasteiger partial charge in [-0.25, -0.2) is 0 Å². The van der Waals surface area contributed by atoms with E-state index in [2.05, 4.69) is 24.7 Å². The highest BCUT2D eigenvalue weighted by molar-refractivity contribution is 6.31. The molecule has 7 nitrogen and oxygen atoms in total. The van der Waals surface area contributed by atoms with E-state index in [9.17, 15) is 9.59 Å². The molecule has 0 spiro atoms. The van der Waals surface area contributed by atoms with Gasteiger partial charge in [-0.1, -0.05) is 25.4 Å². The number of carbonyl (C=O) groups is 2. The van der Waals surface area contributed by atoms with Gasteiger partial charge >= 0.3 is 0 Å². The molecule has 0 atom stereocenters. The first kappa shape index (κ1) is 22.4. The van der Waals surface area contributed by atoms with Gasteiger partial charge in [0.05, 0.1) is 26.4 Å². The topological polar surface area (TPSA) is 85.9 Å². The number of hydrogen-bond donors (Lipinski definition) is 2. The first-order valence-electron chi connectivity index (χ1n) is 9.10. The molecule has 0 heterocycles. The highest BCUT2D eigenvalue weighted by Gasteiger charge is 2.16. The van der Waals surface area contributed by atoms with Crippen LogP contribution < -0.4 is 25.1 Å². The standard InChI is InChI=1S/C21H25ClN2O5/c1-13(2)9-10-29-18-7-5-14(11-19(18)28-4)20(25)23-24-21(26)16-12-15(22)6-8-17(16)27-3/h5-8,11-13H,9-10H2,1-4H3,(H,23,25)(H,24,26). The molecule has 0 saturated carbocycles. The minimum Gasteiger partial charge on any atom is -0.496 e. The number of carbonyl (C=O) groups excluding carboxylic acids is 2. The highest BCUT2D eigenvalue weighted by atomic mass is 35.5. The summed E-state index contributed by atoms with van der Waals surface area (Å²) in [7, 11) is 2.94. The Labute approximate surface area is 175 Å². The summed E-state index contributed by atoms with van der Waals surface area (Å²) in [4.78, 5) is 24.8. The maximum Gasteiger partial charge on any atom is 0.273 e. The molecule has 0 saturated heterocycles. The van der Waals surface area contributed by atoms with Crippen LogP contribution in [0.1, 0.15) is 41.0 Å². The van der Waals surface area contributed by atoms with E-state index >= 15 is 0 Å². The fraction of sp³-hybridized carbons (Fsp3) is 0.333. The molecule has 0 fully saturated rings. The summed E-state index contributed by atoms with van der Waals surface area (Å²) in [6, 6.07) is 9.43.